The molecule has 0 radical (unpaired) electrons. The fourth-order valence-corrected chi connectivity index (χ4v) is 2.73. The number of aryl methyl sites for hydroxylation is 2. The number of hydrogen-bond donors (Lipinski definition) is 0. The van der Waals surface area contributed by atoms with E-state index in [9.17, 15) is 9.59 Å². The molecule has 0 atom stereocenters. The summed E-state index contributed by atoms with van der Waals surface area (Å²) in [4.78, 5) is 27.1. The number of hydrogen-bond acceptors (Lipinski definition) is 6. The van der Waals surface area contributed by atoms with Crippen LogP contribution in [0.2, 0.25) is 0 Å². The van der Waals surface area contributed by atoms with Crippen LogP contribution >= 0.6 is 11.8 Å². The molecular weight excluding hydrogens is 340 g/mol. The zero-order chi connectivity index (χ0) is 18.4. The number of benzene rings is 1. The third-order valence-corrected chi connectivity index (χ3v) is 4.55. The molecule has 1 heterocycles. The Morgan fingerprint density at radius 3 is 2.56 bits per heavy atom. The van der Waals surface area contributed by atoms with E-state index in [-0.39, 0.29) is 12.5 Å². The fourth-order valence-electron chi connectivity index (χ4n) is 2.32. The minimum absolute atomic E-state index is 0.269. The van der Waals surface area contributed by atoms with E-state index in [2.05, 4.69) is 5.16 Å². The molecule has 6 nitrogen and oxygen atoms in total. The molecule has 0 N–H and O–H groups in total. The Morgan fingerprint density at radius 1 is 1.28 bits per heavy atom. The lowest BCUT2D eigenvalue weighted by molar-refractivity contribution is -0.133. The smallest absolute Gasteiger partial charge is 0.344 e. The van der Waals surface area contributed by atoms with Crippen molar-refractivity contribution in [3.63, 3.8) is 0 Å². The van der Waals surface area contributed by atoms with E-state index >= 15 is 0 Å². The summed E-state index contributed by atoms with van der Waals surface area (Å²) in [5, 5.41) is 3.81. The first-order chi connectivity index (χ1) is 12.0. The third-order valence-electron chi connectivity index (χ3n) is 3.80. The molecular formula is C18H22N2O4S. The van der Waals surface area contributed by atoms with Gasteiger partial charge in [0.2, 0.25) is 0 Å². The number of amides is 1. The highest BCUT2D eigenvalue weighted by Crippen LogP contribution is 2.16. The monoisotopic (exact) mass is 362 g/mol. The number of carbonyl (C=O) groups excluding carboxylic acids is 2. The topological polar surface area (TPSA) is 72.6 Å². The van der Waals surface area contributed by atoms with Crippen LogP contribution in [0.1, 0.15) is 34.3 Å². The summed E-state index contributed by atoms with van der Waals surface area (Å²) >= 11 is 1.67. The summed E-state index contributed by atoms with van der Waals surface area (Å²) < 4.78 is 10.1. The summed E-state index contributed by atoms with van der Waals surface area (Å²) in [6.45, 7) is 3.66. The van der Waals surface area contributed by atoms with Crippen LogP contribution in [0.4, 0.5) is 0 Å². The van der Waals surface area contributed by atoms with Gasteiger partial charge in [-0.1, -0.05) is 24.2 Å². The first kappa shape index (κ1) is 19.1. The van der Waals surface area contributed by atoms with Crippen molar-refractivity contribution in [3.05, 3.63) is 46.8 Å². The van der Waals surface area contributed by atoms with Gasteiger partial charge in [-0.15, -0.1) is 11.8 Å². The zero-order valence-corrected chi connectivity index (χ0v) is 15.7. The van der Waals surface area contributed by atoms with Gasteiger partial charge >= 0.3 is 5.97 Å². The normalized spacial score (nSPS) is 10.6. The summed E-state index contributed by atoms with van der Waals surface area (Å²) in [5.74, 6) is -0.451. The second-order valence-corrected chi connectivity index (χ2v) is 6.47. The Kier molecular flexibility index (Phi) is 6.64. The Balaban J connectivity index is 1.90. The standard InChI is InChI=1S/C18H22N2O4S/c1-5-15-17(12(2)24-19-15)18(22)23-11-16(21)20(3)10-13-6-8-14(25-4)9-7-13/h6-9H,5,10-11H2,1-4H3. The van der Waals surface area contributed by atoms with Crippen LogP contribution in [-0.4, -0.2) is 41.8 Å². The van der Waals surface area contributed by atoms with Crippen molar-refractivity contribution in [1.29, 1.82) is 0 Å². The fraction of sp³-hybridized carbons (Fsp3) is 0.389. The Morgan fingerprint density at radius 2 is 1.96 bits per heavy atom. The molecule has 1 aromatic carbocycles. The highest BCUT2D eigenvalue weighted by Gasteiger charge is 2.22. The van der Waals surface area contributed by atoms with Gasteiger partial charge in [0.25, 0.3) is 5.91 Å². The Bertz CT molecular complexity index is 740. The van der Waals surface area contributed by atoms with Gasteiger partial charge in [0.05, 0.1) is 5.69 Å². The molecule has 0 aliphatic heterocycles. The zero-order valence-electron chi connectivity index (χ0n) is 14.9. The average molecular weight is 362 g/mol. The number of esters is 1. The summed E-state index contributed by atoms with van der Waals surface area (Å²) in [5.41, 5.74) is 1.87. The van der Waals surface area contributed by atoms with Gasteiger partial charge in [-0.2, -0.15) is 0 Å². The Labute approximate surface area is 151 Å². The second-order valence-electron chi connectivity index (χ2n) is 5.59. The average Bonchev–Trinajstić information content (AvgIpc) is 3.00. The van der Waals surface area contributed by atoms with Crippen LogP contribution < -0.4 is 0 Å². The predicted molar refractivity (Wildman–Crippen MR) is 95.6 cm³/mol. The van der Waals surface area contributed by atoms with Crippen molar-refractivity contribution in [3.8, 4) is 0 Å². The lowest BCUT2D eigenvalue weighted by atomic mass is 10.1. The van der Waals surface area contributed by atoms with Gasteiger partial charge in [-0.05, 0) is 37.3 Å². The SMILES string of the molecule is CCc1noc(C)c1C(=O)OCC(=O)N(C)Cc1ccc(SC)cc1. The molecule has 0 unspecified atom stereocenters. The maximum absolute atomic E-state index is 12.2. The van der Waals surface area contributed by atoms with Gasteiger partial charge in [0.15, 0.2) is 6.61 Å². The van der Waals surface area contributed by atoms with Crippen LogP contribution in [-0.2, 0) is 22.5 Å². The van der Waals surface area contributed by atoms with Crippen molar-refractivity contribution in [2.75, 3.05) is 19.9 Å². The molecule has 1 amide bonds. The Hall–Kier alpha value is -2.28. The summed E-state index contributed by atoms with van der Waals surface area (Å²) in [6.07, 6.45) is 2.57. The molecule has 0 saturated carbocycles. The highest BCUT2D eigenvalue weighted by atomic mass is 32.2. The minimum atomic E-state index is -0.582. The molecule has 134 valence electrons. The lowest BCUT2D eigenvalue weighted by Gasteiger charge is -2.17. The van der Waals surface area contributed by atoms with E-state index in [4.69, 9.17) is 9.26 Å². The van der Waals surface area contributed by atoms with Crippen molar-refractivity contribution in [1.82, 2.24) is 10.1 Å². The predicted octanol–water partition coefficient (Wildman–Crippen LogP) is 3.08. The van der Waals surface area contributed by atoms with E-state index in [1.54, 1.807) is 25.7 Å². The molecule has 0 spiro atoms. The van der Waals surface area contributed by atoms with Crippen LogP contribution in [0, 0.1) is 6.92 Å². The maximum Gasteiger partial charge on any atom is 0.344 e. The molecule has 0 fully saturated rings. The molecule has 0 aliphatic carbocycles. The van der Waals surface area contributed by atoms with Gasteiger partial charge in [-0.25, -0.2) is 4.79 Å². The van der Waals surface area contributed by atoms with Gasteiger partial charge in [-0.3, -0.25) is 4.79 Å². The first-order valence-electron chi connectivity index (χ1n) is 7.95. The number of aromatic nitrogens is 1. The van der Waals surface area contributed by atoms with Crippen LogP contribution in [0.3, 0.4) is 0 Å². The number of thioether (sulfide) groups is 1. The third kappa shape index (κ3) is 4.85. The van der Waals surface area contributed by atoms with Gasteiger partial charge in [0, 0.05) is 18.5 Å². The lowest BCUT2D eigenvalue weighted by Crippen LogP contribution is -2.31. The number of rotatable bonds is 7. The molecule has 0 bridgehead atoms. The van der Waals surface area contributed by atoms with Crippen LogP contribution in [0.5, 0.6) is 0 Å². The number of carbonyl (C=O) groups is 2. The number of likely N-dealkylation sites (N-methyl/N-ethyl adjacent to an activating group) is 1. The van der Waals surface area contributed by atoms with Crippen molar-refractivity contribution in [2.24, 2.45) is 0 Å². The van der Waals surface area contributed by atoms with E-state index in [1.165, 1.54) is 9.80 Å². The van der Waals surface area contributed by atoms with E-state index < -0.39 is 5.97 Å². The van der Waals surface area contributed by atoms with E-state index in [0.29, 0.717) is 30.0 Å². The molecule has 0 aliphatic rings. The van der Waals surface area contributed by atoms with Crippen molar-refractivity contribution in [2.45, 2.75) is 31.7 Å². The molecule has 25 heavy (non-hydrogen) atoms. The largest absolute Gasteiger partial charge is 0.452 e. The van der Waals surface area contributed by atoms with Crippen LogP contribution in [0.15, 0.2) is 33.7 Å². The minimum Gasteiger partial charge on any atom is -0.452 e. The molecule has 1 aromatic heterocycles. The van der Waals surface area contributed by atoms with Crippen molar-refractivity contribution < 1.29 is 18.8 Å². The van der Waals surface area contributed by atoms with Gasteiger partial charge in [0.1, 0.15) is 11.3 Å². The summed E-state index contributed by atoms with van der Waals surface area (Å²) in [6, 6.07) is 7.99. The number of nitrogens with zero attached hydrogens (tertiary/aromatic N) is 2. The second kappa shape index (κ2) is 8.71. The van der Waals surface area contributed by atoms with Crippen molar-refractivity contribution >= 4 is 23.6 Å². The van der Waals surface area contributed by atoms with E-state index in [1.807, 2.05) is 37.4 Å². The maximum atomic E-state index is 12.2. The highest BCUT2D eigenvalue weighted by molar-refractivity contribution is 7.98. The van der Waals surface area contributed by atoms with E-state index in [0.717, 1.165) is 5.56 Å². The summed E-state index contributed by atoms with van der Waals surface area (Å²) in [7, 11) is 1.68. The molecule has 2 rings (SSSR count). The molecule has 2 aromatic rings. The quantitative estimate of drug-likeness (QED) is 0.557. The van der Waals surface area contributed by atoms with Crippen LogP contribution in [0.25, 0.3) is 0 Å². The van der Waals surface area contributed by atoms with Gasteiger partial charge < -0.3 is 14.2 Å². The molecule has 7 heteroatoms. The number of ether oxygens (including phenoxy) is 1. The first-order valence-corrected chi connectivity index (χ1v) is 9.17. The molecule has 0 saturated heterocycles.